The number of halogens is 1. The first-order chi connectivity index (χ1) is 9.97. The fourth-order valence-electron chi connectivity index (χ4n) is 2.33. The van der Waals surface area contributed by atoms with Crippen LogP contribution >= 0.6 is 0 Å². The van der Waals surface area contributed by atoms with Crippen LogP contribution in [-0.4, -0.2) is 47.7 Å². The van der Waals surface area contributed by atoms with Gasteiger partial charge in [-0.2, -0.15) is 0 Å². The van der Waals surface area contributed by atoms with E-state index in [1.807, 2.05) is 4.90 Å². The van der Waals surface area contributed by atoms with Gasteiger partial charge in [0.05, 0.1) is 19.6 Å². The minimum absolute atomic E-state index is 0.0546. The highest BCUT2D eigenvalue weighted by atomic mass is 19.1. The molecule has 2 rings (SSSR count). The molecule has 7 heteroatoms. The van der Waals surface area contributed by atoms with Crippen LogP contribution in [0.4, 0.5) is 4.39 Å². The van der Waals surface area contributed by atoms with E-state index in [0.717, 1.165) is 6.07 Å². The molecule has 21 heavy (non-hydrogen) atoms. The van der Waals surface area contributed by atoms with Crippen LogP contribution in [0.1, 0.15) is 22.3 Å². The number of ether oxygens (including phenoxy) is 1. The predicted molar refractivity (Wildman–Crippen MR) is 72.2 cm³/mol. The van der Waals surface area contributed by atoms with E-state index in [4.69, 9.17) is 15.6 Å². The Morgan fingerprint density at radius 1 is 1.48 bits per heavy atom. The molecular formula is C14H17FN2O4. The van der Waals surface area contributed by atoms with Crippen LogP contribution in [0.2, 0.25) is 0 Å². The van der Waals surface area contributed by atoms with Gasteiger partial charge < -0.3 is 15.6 Å². The number of carboxylic acids is 1. The van der Waals surface area contributed by atoms with Crippen molar-refractivity contribution in [1.82, 2.24) is 4.90 Å². The second-order valence-electron chi connectivity index (χ2n) is 4.97. The molecule has 3 N–H and O–H groups in total. The number of hydrogen-bond acceptors (Lipinski definition) is 4. The quantitative estimate of drug-likeness (QED) is 0.830. The summed E-state index contributed by atoms with van der Waals surface area (Å²) in [4.78, 5) is 23.7. The first-order valence-electron chi connectivity index (χ1n) is 6.59. The standard InChI is InChI=1S/C14H17FN2O4/c15-12-5-9(14(16)20)1-2-10(12)7-17-3-4-21-8-11(17)6-13(18)19/h1-2,5,11H,3-4,6-8H2,(H2,16,20)(H,18,19). The monoisotopic (exact) mass is 296 g/mol. The summed E-state index contributed by atoms with van der Waals surface area (Å²) in [6.07, 6.45) is -0.0546. The lowest BCUT2D eigenvalue weighted by atomic mass is 10.1. The fraction of sp³-hybridized carbons (Fsp3) is 0.429. The number of rotatable bonds is 5. The van der Waals surface area contributed by atoms with Gasteiger partial charge in [-0.3, -0.25) is 14.5 Å². The number of nitrogens with zero attached hydrogens (tertiary/aromatic N) is 1. The summed E-state index contributed by atoms with van der Waals surface area (Å²) >= 11 is 0. The lowest BCUT2D eigenvalue weighted by Gasteiger charge is -2.34. The SMILES string of the molecule is NC(=O)c1ccc(CN2CCOCC2CC(=O)O)c(F)c1. The molecule has 1 aromatic rings. The number of aliphatic carboxylic acids is 1. The largest absolute Gasteiger partial charge is 0.481 e. The highest BCUT2D eigenvalue weighted by Gasteiger charge is 2.26. The van der Waals surface area contributed by atoms with E-state index in [0.29, 0.717) is 25.3 Å². The Hall–Kier alpha value is -1.99. The third-order valence-corrected chi connectivity index (χ3v) is 3.47. The van der Waals surface area contributed by atoms with Crippen LogP contribution in [-0.2, 0) is 16.1 Å². The molecule has 0 radical (unpaired) electrons. The number of carboxylic acid groups (broad SMARTS) is 1. The molecule has 1 aromatic carbocycles. The number of primary amides is 1. The molecule has 0 saturated carbocycles. The molecule has 1 atom stereocenters. The Balaban J connectivity index is 2.11. The number of carbonyl (C=O) groups excluding carboxylic acids is 1. The third-order valence-electron chi connectivity index (χ3n) is 3.47. The van der Waals surface area contributed by atoms with Crippen molar-refractivity contribution in [2.24, 2.45) is 5.73 Å². The van der Waals surface area contributed by atoms with Crippen molar-refractivity contribution in [3.63, 3.8) is 0 Å². The fourth-order valence-corrected chi connectivity index (χ4v) is 2.33. The lowest BCUT2D eigenvalue weighted by molar-refractivity contribution is -0.140. The van der Waals surface area contributed by atoms with Crippen LogP contribution in [0, 0.1) is 5.82 Å². The second kappa shape index (κ2) is 6.64. The van der Waals surface area contributed by atoms with Gasteiger partial charge in [0.2, 0.25) is 5.91 Å². The van der Waals surface area contributed by atoms with Crippen LogP contribution in [0.3, 0.4) is 0 Å². The summed E-state index contributed by atoms with van der Waals surface area (Å²) in [5.74, 6) is -2.12. The molecule has 1 heterocycles. The molecule has 1 unspecified atom stereocenters. The second-order valence-corrected chi connectivity index (χ2v) is 4.97. The van der Waals surface area contributed by atoms with E-state index < -0.39 is 17.7 Å². The summed E-state index contributed by atoms with van der Waals surface area (Å²) in [5, 5.41) is 8.89. The normalized spacial score (nSPS) is 19.4. The van der Waals surface area contributed by atoms with E-state index in [2.05, 4.69) is 0 Å². The molecule has 1 fully saturated rings. The van der Waals surface area contributed by atoms with Crippen molar-refractivity contribution in [2.75, 3.05) is 19.8 Å². The zero-order valence-corrected chi connectivity index (χ0v) is 11.4. The van der Waals surface area contributed by atoms with Crippen LogP contribution in [0.25, 0.3) is 0 Å². The van der Waals surface area contributed by atoms with E-state index in [9.17, 15) is 14.0 Å². The molecular weight excluding hydrogens is 279 g/mol. The van der Waals surface area contributed by atoms with E-state index in [-0.39, 0.29) is 24.6 Å². The highest BCUT2D eigenvalue weighted by molar-refractivity contribution is 5.92. The van der Waals surface area contributed by atoms with E-state index in [1.54, 1.807) is 0 Å². The van der Waals surface area contributed by atoms with Crippen LogP contribution in [0.5, 0.6) is 0 Å². The van der Waals surface area contributed by atoms with Gasteiger partial charge in [-0.05, 0) is 12.1 Å². The molecule has 1 saturated heterocycles. The molecule has 114 valence electrons. The Kier molecular flexibility index (Phi) is 4.87. The number of amides is 1. The third kappa shape index (κ3) is 3.99. The van der Waals surface area contributed by atoms with Crippen molar-refractivity contribution in [2.45, 2.75) is 19.0 Å². The van der Waals surface area contributed by atoms with Gasteiger partial charge in [-0.1, -0.05) is 6.07 Å². The number of carbonyl (C=O) groups is 2. The minimum atomic E-state index is -0.917. The van der Waals surface area contributed by atoms with Crippen LogP contribution < -0.4 is 5.73 Å². The zero-order valence-electron chi connectivity index (χ0n) is 11.4. The molecule has 0 aromatic heterocycles. The summed E-state index contributed by atoms with van der Waals surface area (Å²) < 4.78 is 19.2. The Morgan fingerprint density at radius 2 is 2.24 bits per heavy atom. The van der Waals surface area contributed by atoms with Gasteiger partial charge in [0.25, 0.3) is 0 Å². The van der Waals surface area contributed by atoms with Gasteiger partial charge in [0, 0.05) is 30.3 Å². The number of morpholine rings is 1. The van der Waals surface area contributed by atoms with Crippen molar-refractivity contribution in [3.05, 3.63) is 35.1 Å². The molecule has 1 amide bonds. The average molecular weight is 296 g/mol. The summed E-state index contributed by atoms with van der Waals surface area (Å²) in [7, 11) is 0. The average Bonchev–Trinajstić information content (AvgIpc) is 2.42. The van der Waals surface area contributed by atoms with Crippen molar-refractivity contribution < 1.29 is 23.8 Å². The first-order valence-corrected chi connectivity index (χ1v) is 6.59. The molecule has 0 aliphatic carbocycles. The van der Waals surface area contributed by atoms with Gasteiger partial charge in [-0.15, -0.1) is 0 Å². The number of nitrogens with two attached hydrogens (primary N) is 1. The Morgan fingerprint density at radius 3 is 2.86 bits per heavy atom. The minimum Gasteiger partial charge on any atom is -0.481 e. The number of hydrogen-bond donors (Lipinski definition) is 2. The Labute approximate surface area is 121 Å². The first kappa shape index (κ1) is 15.4. The lowest BCUT2D eigenvalue weighted by Crippen LogP contribution is -2.46. The van der Waals surface area contributed by atoms with E-state index in [1.165, 1.54) is 12.1 Å². The Bertz CT molecular complexity index is 550. The maximum atomic E-state index is 14.0. The van der Waals surface area contributed by atoms with Crippen LogP contribution in [0.15, 0.2) is 18.2 Å². The van der Waals surface area contributed by atoms with Gasteiger partial charge in [0.1, 0.15) is 5.82 Å². The number of benzene rings is 1. The van der Waals surface area contributed by atoms with E-state index >= 15 is 0 Å². The maximum Gasteiger partial charge on any atom is 0.305 e. The van der Waals surface area contributed by atoms with Crippen molar-refractivity contribution in [1.29, 1.82) is 0 Å². The maximum absolute atomic E-state index is 14.0. The van der Waals surface area contributed by atoms with Crippen molar-refractivity contribution in [3.8, 4) is 0 Å². The molecule has 1 aliphatic heterocycles. The van der Waals surface area contributed by atoms with Crippen molar-refractivity contribution >= 4 is 11.9 Å². The molecule has 6 nitrogen and oxygen atoms in total. The molecule has 0 spiro atoms. The predicted octanol–water partition coefficient (Wildman–Crippen LogP) is 0.600. The molecule has 0 bridgehead atoms. The summed E-state index contributed by atoms with van der Waals surface area (Å²) in [5.41, 5.74) is 5.61. The highest BCUT2D eigenvalue weighted by Crippen LogP contribution is 2.18. The van der Waals surface area contributed by atoms with Gasteiger partial charge in [-0.25, -0.2) is 4.39 Å². The summed E-state index contributed by atoms with van der Waals surface area (Å²) in [6, 6.07) is 3.78. The topological polar surface area (TPSA) is 92.9 Å². The van der Waals surface area contributed by atoms with Gasteiger partial charge >= 0.3 is 5.97 Å². The zero-order chi connectivity index (χ0) is 15.4. The van der Waals surface area contributed by atoms with Gasteiger partial charge in [0.15, 0.2) is 0 Å². The summed E-state index contributed by atoms with van der Waals surface area (Å²) in [6.45, 7) is 1.60. The molecule has 1 aliphatic rings. The smallest absolute Gasteiger partial charge is 0.305 e.